The van der Waals surface area contributed by atoms with E-state index in [2.05, 4.69) is 17.6 Å². The molecule has 21 heavy (non-hydrogen) atoms. The Bertz CT molecular complexity index is 541. The molecule has 1 N–H and O–H groups in total. The number of carbonyl (C=O) groups is 1. The molecule has 0 unspecified atom stereocenters. The monoisotopic (exact) mass is 289 g/mol. The summed E-state index contributed by atoms with van der Waals surface area (Å²) in [6.07, 6.45) is 4.62. The van der Waals surface area contributed by atoms with E-state index in [1.807, 2.05) is 19.1 Å². The first-order chi connectivity index (χ1) is 10.2. The highest BCUT2D eigenvalue weighted by Gasteiger charge is 2.63. The van der Waals surface area contributed by atoms with E-state index in [1.54, 1.807) is 7.11 Å². The molecule has 2 atom stereocenters. The third-order valence-corrected chi connectivity index (χ3v) is 5.13. The summed E-state index contributed by atoms with van der Waals surface area (Å²) in [5.41, 5.74) is 4.63. The van der Waals surface area contributed by atoms with Crippen molar-refractivity contribution in [1.82, 2.24) is 5.48 Å². The molecule has 2 aliphatic carbocycles. The van der Waals surface area contributed by atoms with Crippen LogP contribution in [0.15, 0.2) is 24.3 Å². The smallest absolute Gasteiger partial charge is 0.314 e. The van der Waals surface area contributed by atoms with Crippen molar-refractivity contribution in [1.29, 1.82) is 0 Å². The number of rotatable bonds is 4. The molecule has 4 nitrogen and oxygen atoms in total. The minimum atomic E-state index is -0.541. The van der Waals surface area contributed by atoms with Gasteiger partial charge in [-0.3, -0.25) is 4.79 Å². The molecule has 114 valence electrons. The molecule has 1 aromatic rings. The van der Waals surface area contributed by atoms with Crippen LogP contribution in [0.5, 0.6) is 0 Å². The van der Waals surface area contributed by atoms with Crippen LogP contribution < -0.4 is 5.48 Å². The van der Waals surface area contributed by atoms with Gasteiger partial charge in [0, 0.05) is 0 Å². The molecule has 3 rings (SSSR count). The SMILES string of the molecule is CCOC(=O)[C@@]12CCCC[C@]1(NOC)c1ccccc1C2. The van der Waals surface area contributed by atoms with Gasteiger partial charge in [-0.25, -0.2) is 0 Å². The number of fused-ring (bicyclic) bond motifs is 3. The Kier molecular flexibility index (Phi) is 3.76. The highest BCUT2D eigenvalue weighted by atomic mass is 16.6. The first-order valence-corrected chi connectivity index (χ1v) is 7.76. The van der Waals surface area contributed by atoms with E-state index >= 15 is 0 Å². The van der Waals surface area contributed by atoms with Crippen molar-refractivity contribution in [3.05, 3.63) is 35.4 Å². The van der Waals surface area contributed by atoms with Crippen LogP contribution in [0.3, 0.4) is 0 Å². The number of hydrogen-bond acceptors (Lipinski definition) is 4. The second kappa shape index (κ2) is 5.43. The number of ether oxygens (including phenoxy) is 1. The van der Waals surface area contributed by atoms with Crippen molar-refractivity contribution in [3.8, 4) is 0 Å². The summed E-state index contributed by atoms with van der Waals surface area (Å²) in [5.74, 6) is -0.0922. The van der Waals surface area contributed by atoms with E-state index in [1.165, 1.54) is 11.1 Å². The Morgan fingerprint density at radius 1 is 1.29 bits per heavy atom. The van der Waals surface area contributed by atoms with Gasteiger partial charge < -0.3 is 9.57 Å². The molecule has 0 spiro atoms. The van der Waals surface area contributed by atoms with E-state index < -0.39 is 11.0 Å². The maximum Gasteiger partial charge on any atom is 0.314 e. The lowest BCUT2D eigenvalue weighted by molar-refractivity contribution is -0.172. The fourth-order valence-corrected chi connectivity index (χ4v) is 4.31. The zero-order valence-electron chi connectivity index (χ0n) is 12.8. The molecule has 0 heterocycles. The molecule has 0 saturated heterocycles. The average molecular weight is 289 g/mol. The summed E-state index contributed by atoms with van der Waals surface area (Å²) in [6, 6.07) is 8.31. The van der Waals surface area contributed by atoms with Crippen LogP contribution in [0.4, 0.5) is 0 Å². The molecule has 1 aromatic carbocycles. The summed E-state index contributed by atoms with van der Waals surface area (Å²) in [6.45, 7) is 2.28. The van der Waals surface area contributed by atoms with Crippen LogP contribution in [-0.2, 0) is 26.3 Å². The highest BCUT2D eigenvalue weighted by Crippen LogP contribution is 2.58. The Hall–Kier alpha value is -1.39. The summed E-state index contributed by atoms with van der Waals surface area (Å²) >= 11 is 0. The van der Waals surface area contributed by atoms with Gasteiger partial charge in [0.05, 0.1) is 24.7 Å². The van der Waals surface area contributed by atoms with Gasteiger partial charge in [0.25, 0.3) is 0 Å². The van der Waals surface area contributed by atoms with Crippen molar-refractivity contribution < 1.29 is 14.4 Å². The van der Waals surface area contributed by atoms with E-state index in [9.17, 15) is 4.79 Å². The lowest BCUT2D eigenvalue weighted by Crippen LogP contribution is -2.59. The van der Waals surface area contributed by atoms with E-state index in [0.29, 0.717) is 6.61 Å². The van der Waals surface area contributed by atoms with Gasteiger partial charge in [-0.1, -0.05) is 37.1 Å². The van der Waals surface area contributed by atoms with Crippen LogP contribution in [0.25, 0.3) is 0 Å². The van der Waals surface area contributed by atoms with Crippen molar-refractivity contribution in [3.63, 3.8) is 0 Å². The second-order valence-corrected chi connectivity index (χ2v) is 6.06. The zero-order chi connectivity index (χ0) is 14.9. The van der Waals surface area contributed by atoms with Crippen molar-refractivity contribution in [2.75, 3.05) is 13.7 Å². The summed E-state index contributed by atoms with van der Waals surface area (Å²) < 4.78 is 5.45. The summed E-state index contributed by atoms with van der Waals surface area (Å²) in [5, 5.41) is 0. The average Bonchev–Trinajstić information content (AvgIpc) is 2.79. The fraction of sp³-hybridized carbons (Fsp3) is 0.588. The number of esters is 1. The van der Waals surface area contributed by atoms with Gasteiger partial charge in [-0.15, -0.1) is 0 Å². The summed E-state index contributed by atoms with van der Waals surface area (Å²) in [7, 11) is 1.63. The Balaban J connectivity index is 2.14. The van der Waals surface area contributed by atoms with Crippen molar-refractivity contribution in [2.24, 2.45) is 5.41 Å². The van der Waals surface area contributed by atoms with Gasteiger partial charge in [0.15, 0.2) is 0 Å². The highest BCUT2D eigenvalue weighted by molar-refractivity contribution is 5.81. The number of benzene rings is 1. The minimum Gasteiger partial charge on any atom is -0.465 e. The van der Waals surface area contributed by atoms with Gasteiger partial charge >= 0.3 is 5.97 Å². The number of nitrogens with one attached hydrogen (secondary N) is 1. The van der Waals surface area contributed by atoms with Crippen LogP contribution in [0, 0.1) is 5.41 Å². The number of hydroxylamine groups is 1. The zero-order valence-corrected chi connectivity index (χ0v) is 12.8. The fourth-order valence-electron chi connectivity index (χ4n) is 4.31. The standard InChI is InChI=1S/C17H23NO3/c1-3-21-15(19)16-10-6-7-11-17(16,18-20-2)14-9-5-4-8-13(14)12-16/h4-5,8-9,18H,3,6-7,10-12H2,1-2H3/t16-,17-/m0/s1. The van der Waals surface area contributed by atoms with Gasteiger partial charge in [-0.05, 0) is 37.3 Å². The lowest BCUT2D eigenvalue weighted by atomic mass is 9.61. The molecule has 1 fully saturated rings. The predicted molar refractivity (Wildman–Crippen MR) is 79.5 cm³/mol. The topological polar surface area (TPSA) is 47.6 Å². The van der Waals surface area contributed by atoms with E-state index in [-0.39, 0.29) is 5.97 Å². The summed E-state index contributed by atoms with van der Waals surface area (Å²) in [4.78, 5) is 18.2. The molecule has 1 saturated carbocycles. The Labute approximate surface area is 125 Å². The second-order valence-electron chi connectivity index (χ2n) is 6.06. The van der Waals surface area contributed by atoms with Crippen LogP contribution in [0.2, 0.25) is 0 Å². The third kappa shape index (κ3) is 1.93. The normalized spacial score (nSPS) is 30.6. The number of hydrogen-bond donors (Lipinski definition) is 1. The third-order valence-electron chi connectivity index (χ3n) is 5.13. The van der Waals surface area contributed by atoms with E-state index in [4.69, 9.17) is 9.57 Å². The van der Waals surface area contributed by atoms with Crippen LogP contribution >= 0.6 is 0 Å². The molecule has 0 aliphatic heterocycles. The molecule has 0 bridgehead atoms. The van der Waals surface area contributed by atoms with E-state index in [0.717, 1.165) is 32.1 Å². The molecule has 0 radical (unpaired) electrons. The largest absolute Gasteiger partial charge is 0.465 e. The van der Waals surface area contributed by atoms with Gasteiger partial charge in [0.2, 0.25) is 0 Å². The number of carbonyl (C=O) groups excluding carboxylic acids is 1. The molecule has 4 heteroatoms. The molecule has 0 aromatic heterocycles. The predicted octanol–water partition coefficient (Wildman–Crippen LogP) is 2.71. The van der Waals surface area contributed by atoms with Crippen molar-refractivity contribution >= 4 is 5.97 Å². The first kappa shape index (κ1) is 14.5. The maximum atomic E-state index is 12.8. The first-order valence-electron chi connectivity index (χ1n) is 7.76. The lowest BCUT2D eigenvalue weighted by Gasteiger charge is -2.47. The van der Waals surface area contributed by atoms with Crippen molar-refractivity contribution in [2.45, 2.75) is 44.6 Å². The molecule has 0 amide bonds. The maximum absolute atomic E-state index is 12.8. The quantitative estimate of drug-likeness (QED) is 0.684. The minimum absolute atomic E-state index is 0.0922. The Morgan fingerprint density at radius 3 is 2.81 bits per heavy atom. The van der Waals surface area contributed by atoms with Crippen LogP contribution in [-0.4, -0.2) is 19.7 Å². The van der Waals surface area contributed by atoms with Gasteiger partial charge in [-0.2, -0.15) is 5.48 Å². The molecule has 2 aliphatic rings. The molecular formula is C17H23NO3. The van der Waals surface area contributed by atoms with Crippen LogP contribution in [0.1, 0.15) is 43.7 Å². The Morgan fingerprint density at radius 2 is 2.05 bits per heavy atom. The molecular weight excluding hydrogens is 266 g/mol. The van der Waals surface area contributed by atoms with Gasteiger partial charge in [0.1, 0.15) is 0 Å².